The lowest BCUT2D eigenvalue weighted by Crippen LogP contribution is -2.04. The highest BCUT2D eigenvalue weighted by molar-refractivity contribution is 6.35. The number of pyridine rings is 1. The lowest BCUT2D eigenvalue weighted by molar-refractivity contribution is 0.996. The molecule has 7 aromatic carbocycles. The first kappa shape index (κ1) is 25.9. The first-order valence-electron chi connectivity index (χ1n) is 15.9. The topological polar surface area (TPSA) is 43.6 Å². The van der Waals surface area contributed by atoms with Gasteiger partial charge in [-0.15, -0.1) is 0 Å². The molecule has 0 unspecified atom stereocenters. The maximum absolute atomic E-state index is 5.32. The minimum atomic E-state index is 0.654. The summed E-state index contributed by atoms with van der Waals surface area (Å²) in [6.07, 6.45) is 3.66. The lowest BCUT2D eigenvalue weighted by atomic mass is 9.92. The molecule has 0 N–H and O–H groups in total. The number of hydrogen-bond donors (Lipinski definition) is 0. The molecule has 3 aromatic heterocycles. The summed E-state index contributed by atoms with van der Waals surface area (Å²) in [7, 11) is 0. The molecular formula is C43H26N4. The second-order valence-electron chi connectivity index (χ2n) is 12.1. The first-order valence-corrected chi connectivity index (χ1v) is 15.9. The van der Waals surface area contributed by atoms with E-state index in [-0.39, 0.29) is 0 Å². The van der Waals surface area contributed by atoms with Gasteiger partial charge in [0.1, 0.15) is 0 Å². The standard InChI is InChI=1S/C43H26N4/c1-2-9-28(10-3-1)37-26-38(32-14-6-13-29(23-32)27-19-21-44-22-20-27)46-43(45-37)47-39-17-7-15-33-35-24-30-11-4-5-12-31(30)25-36(35)34-16-8-18-40(47)42(34)41(33)39/h1-26H. The van der Waals surface area contributed by atoms with E-state index in [4.69, 9.17) is 9.97 Å². The van der Waals surface area contributed by atoms with Gasteiger partial charge in [0.25, 0.3) is 0 Å². The zero-order valence-corrected chi connectivity index (χ0v) is 25.3. The number of fused-ring (bicyclic) bond motifs is 4. The third kappa shape index (κ3) is 3.98. The minimum absolute atomic E-state index is 0.654. The monoisotopic (exact) mass is 598 g/mol. The van der Waals surface area contributed by atoms with Crippen LogP contribution in [0.25, 0.3) is 93.7 Å². The molecule has 0 atom stereocenters. The number of benzene rings is 7. The molecule has 4 heteroatoms. The molecule has 0 saturated carbocycles. The maximum atomic E-state index is 5.32. The Kier molecular flexibility index (Phi) is 5.54. The van der Waals surface area contributed by atoms with Crippen LogP contribution in [-0.4, -0.2) is 19.5 Å². The van der Waals surface area contributed by atoms with Crippen molar-refractivity contribution in [2.24, 2.45) is 0 Å². The molecule has 10 rings (SSSR count). The smallest absolute Gasteiger partial charge is 0.235 e. The van der Waals surface area contributed by atoms with Crippen LogP contribution in [0.1, 0.15) is 0 Å². The fourth-order valence-corrected chi connectivity index (χ4v) is 7.30. The highest BCUT2D eigenvalue weighted by atomic mass is 15.2. The fraction of sp³-hybridized carbons (Fsp3) is 0. The van der Waals surface area contributed by atoms with Gasteiger partial charge in [0.2, 0.25) is 5.95 Å². The van der Waals surface area contributed by atoms with E-state index in [0.29, 0.717) is 5.95 Å². The van der Waals surface area contributed by atoms with Crippen LogP contribution in [-0.2, 0) is 0 Å². The van der Waals surface area contributed by atoms with E-state index in [1.807, 2.05) is 30.6 Å². The second-order valence-corrected chi connectivity index (χ2v) is 12.1. The zero-order chi connectivity index (χ0) is 30.9. The van der Waals surface area contributed by atoms with Gasteiger partial charge in [-0.25, -0.2) is 9.97 Å². The Bertz CT molecular complexity index is 2680. The lowest BCUT2D eigenvalue weighted by Gasteiger charge is -2.12. The van der Waals surface area contributed by atoms with E-state index in [0.717, 1.165) is 44.7 Å². The third-order valence-electron chi connectivity index (χ3n) is 9.44. The van der Waals surface area contributed by atoms with Crippen LogP contribution in [0.3, 0.4) is 0 Å². The quantitative estimate of drug-likeness (QED) is 0.150. The average Bonchev–Trinajstić information content (AvgIpc) is 3.50. The summed E-state index contributed by atoms with van der Waals surface area (Å²) in [5, 5.41) is 10.0. The summed E-state index contributed by atoms with van der Waals surface area (Å²) in [5.41, 5.74) is 8.28. The van der Waals surface area contributed by atoms with Crippen LogP contribution in [0.4, 0.5) is 0 Å². The van der Waals surface area contributed by atoms with Gasteiger partial charge in [-0.2, -0.15) is 0 Å². The zero-order valence-electron chi connectivity index (χ0n) is 25.3. The molecule has 0 aliphatic rings. The predicted molar refractivity (Wildman–Crippen MR) is 194 cm³/mol. The van der Waals surface area contributed by atoms with Gasteiger partial charge in [-0.1, -0.05) is 97.1 Å². The van der Waals surface area contributed by atoms with E-state index in [1.54, 1.807) is 0 Å². The Morgan fingerprint density at radius 2 is 0.936 bits per heavy atom. The van der Waals surface area contributed by atoms with Crippen molar-refractivity contribution in [3.8, 4) is 39.6 Å². The maximum Gasteiger partial charge on any atom is 0.235 e. The average molecular weight is 599 g/mol. The van der Waals surface area contributed by atoms with Gasteiger partial charge in [0, 0.05) is 34.3 Å². The summed E-state index contributed by atoms with van der Waals surface area (Å²) in [4.78, 5) is 14.8. The van der Waals surface area contributed by atoms with Crippen molar-refractivity contribution >= 4 is 54.1 Å². The van der Waals surface area contributed by atoms with Crippen molar-refractivity contribution in [2.45, 2.75) is 0 Å². The molecule has 0 radical (unpaired) electrons. The second kappa shape index (κ2) is 10.1. The van der Waals surface area contributed by atoms with E-state index >= 15 is 0 Å². The van der Waals surface area contributed by atoms with Crippen LogP contribution in [0.15, 0.2) is 158 Å². The highest BCUT2D eigenvalue weighted by Gasteiger charge is 2.22. The van der Waals surface area contributed by atoms with Gasteiger partial charge < -0.3 is 0 Å². The Balaban J connectivity index is 1.29. The molecule has 0 spiro atoms. The van der Waals surface area contributed by atoms with Crippen molar-refractivity contribution in [3.63, 3.8) is 0 Å². The third-order valence-corrected chi connectivity index (χ3v) is 9.44. The van der Waals surface area contributed by atoms with Gasteiger partial charge in [-0.3, -0.25) is 9.55 Å². The molecule has 47 heavy (non-hydrogen) atoms. The molecule has 0 aliphatic heterocycles. The largest absolute Gasteiger partial charge is 0.278 e. The normalized spacial score (nSPS) is 11.8. The number of nitrogens with zero attached hydrogens (tertiary/aromatic N) is 4. The van der Waals surface area contributed by atoms with Crippen LogP contribution in [0, 0.1) is 0 Å². The van der Waals surface area contributed by atoms with Gasteiger partial charge in [0.15, 0.2) is 0 Å². The van der Waals surface area contributed by atoms with Gasteiger partial charge in [-0.05, 0) is 92.0 Å². The molecule has 0 fully saturated rings. The number of aromatic nitrogens is 4. The van der Waals surface area contributed by atoms with Crippen molar-refractivity contribution in [1.29, 1.82) is 0 Å². The van der Waals surface area contributed by atoms with Crippen LogP contribution in [0.2, 0.25) is 0 Å². The number of hydrogen-bond acceptors (Lipinski definition) is 3. The summed E-state index contributed by atoms with van der Waals surface area (Å²) in [6, 6.07) is 51.7. The van der Waals surface area contributed by atoms with Crippen LogP contribution >= 0.6 is 0 Å². The molecule has 0 bridgehead atoms. The first-order chi connectivity index (χ1) is 23.3. The van der Waals surface area contributed by atoms with Crippen molar-refractivity contribution in [1.82, 2.24) is 19.5 Å². The van der Waals surface area contributed by atoms with E-state index in [9.17, 15) is 0 Å². The van der Waals surface area contributed by atoms with Crippen molar-refractivity contribution < 1.29 is 0 Å². The molecule has 10 aromatic rings. The Morgan fingerprint density at radius 1 is 0.383 bits per heavy atom. The van der Waals surface area contributed by atoms with Crippen molar-refractivity contribution in [3.05, 3.63) is 158 Å². The molecule has 218 valence electrons. The van der Waals surface area contributed by atoms with E-state index < -0.39 is 0 Å². The Hall–Kier alpha value is -6.39. The Labute approximate surface area is 270 Å². The highest BCUT2D eigenvalue weighted by Crippen LogP contribution is 2.44. The van der Waals surface area contributed by atoms with E-state index in [1.165, 1.54) is 43.1 Å². The SMILES string of the molecule is c1ccc(-c2cc(-c3cccc(-c4ccncc4)c3)nc(-n3c4cccc5c6cc7ccccc7cc6c6cccc3c6c54)n2)cc1. The van der Waals surface area contributed by atoms with Crippen LogP contribution < -0.4 is 0 Å². The molecule has 3 heterocycles. The fourth-order valence-electron chi connectivity index (χ4n) is 7.30. The Morgan fingerprint density at radius 3 is 1.60 bits per heavy atom. The molecule has 0 aliphatic carbocycles. The van der Waals surface area contributed by atoms with E-state index in [2.05, 4.69) is 137 Å². The van der Waals surface area contributed by atoms with Gasteiger partial charge >= 0.3 is 0 Å². The summed E-state index contributed by atoms with van der Waals surface area (Å²) >= 11 is 0. The minimum Gasteiger partial charge on any atom is -0.278 e. The number of rotatable bonds is 4. The molecule has 0 amide bonds. The van der Waals surface area contributed by atoms with Crippen LogP contribution in [0.5, 0.6) is 0 Å². The molecule has 0 saturated heterocycles. The molecule has 4 nitrogen and oxygen atoms in total. The summed E-state index contributed by atoms with van der Waals surface area (Å²) < 4.78 is 2.26. The summed E-state index contributed by atoms with van der Waals surface area (Å²) in [6.45, 7) is 0. The predicted octanol–water partition coefficient (Wildman–Crippen LogP) is 10.9. The van der Waals surface area contributed by atoms with Crippen molar-refractivity contribution in [2.75, 3.05) is 0 Å². The summed E-state index contributed by atoms with van der Waals surface area (Å²) in [5.74, 6) is 0.654. The molecular weight excluding hydrogens is 573 g/mol. The van der Waals surface area contributed by atoms with Gasteiger partial charge in [0.05, 0.1) is 22.4 Å².